The molecule has 7 nitrogen and oxygen atoms in total. The predicted molar refractivity (Wildman–Crippen MR) is 82.6 cm³/mol. The van der Waals surface area contributed by atoms with Gasteiger partial charge in [0.1, 0.15) is 0 Å². The predicted octanol–water partition coefficient (Wildman–Crippen LogP) is 1.31. The van der Waals surface area contributed by atoms with Gasteiger partial charge in [-0.1, -0.05) is 6.92 Å². The zero-order valence-electron chi connectivity index (χ0n) is 12.4. The van der Waals surface area contributed by atoms with Gasteiger partial charge in [-0.2, -0.15) is 15.0 Å². The molecule has 1 saturated heterocycles. The molecule has 1 amide bonds. The van der Waals surface area contributed by atoms with Crippen molar-refractivity contribution in [3.8, 4) is 0 Å². The summed E-state index contributed by atoms with van der Waals surface area (Å²) >= 11 is 5.96. The van der Waals surface area contributed by atoms with E-state index < -0.39 is 0 Å². The second kappa shape index (κ2) is 7.40. The van der Waals surface area contributed by atoms with E-state index in [2.05, 4.69) is 32.5 Å². The summed E-state index contributed by atoms with van der Waals surface area (Å²) in [6, 6.07) is 0. The highest BCUT2D eigenvalue weighted by Crippen LogP contribution is 2.22. The Balaban J connectivity index is 2.02. The zero-order chi connectivity index (χ0) is 15.2. The summed E-state index contributed by atoms with van der Waals surface area (Å²) in [4.78, 5) is 26.3. The fraction of sp³-hybridized carbons (Fsp3) is 0.692. The lowest BCUT2D eigenvalue weighted by atomic mass is 9.96. The molecule has 1 aromatic heterocycles. The van der Waals surface area contributed by atoms with E-state index in [0.717, 1.165) is 38.9 Å². The van der Waals surface area contributed by atoms with Gasteiger partial charge in [0.05, 0.1) is 0 Å². The van der Waals surface area contributed by atoms with E-state index in [1.807, 2.05) is 4.90 Å². The van der Waals surface area contributed by atoms with Crippen molar-refractivity contribution >= 4 is 29.4 Å². The number of amides is 1. The van der Waals surface area contributed by atoms with Crippen LogP contribution in [0.2, 0.25) is 5.28 Å². The zero-order valence-corrected chi connectivity index (χ0v) is 13.2. The number of carbonyl (C=O) groups excluding carboxylic acids is 1. The number of nitrogens with one attached hydrogen (secondary N) is 2. The Kier molecular flexibility index (Phi) is 5.55. The lowest BCUT2D eigenvalue weighted by Gasteiger charge is -2.31. The third-order valence-corrected chi connectivity index (χ3v) is 3.69. The van der Waals surface area contributed by atoms with E-state index in [1.165, 1.54) is 0 Å². The lowest BCUT2D eigenvalue weighted by molar-refractivity contribution is -0.125. The summed E-state index contributed by atoms with van der Waals surface area (Å²) in [6.07, 6.45) is 2.57. The maximum absolute atomic E-state index is 11.6. The number of hydrogen-bond donors (Lipinski definition) is 2. The van der Waals surface area contributed by atoms with Crippen molar-refractivity contribution in [2.24, 2.45) is 5.92 Å². The van der Waals surface area contributed by atoms with Gasteiger partial charge in [0.2, 0.25) is 23.1 Å². The average Bonchev–Trinajstić information content (AvgIpc) is 2.51. The first-order valence-electron chi connectivity index (χ1n) is 7.26. The van der Waals surface area contributed by atoms with Gasteiger partial charge in [-0.05, 0) is 30.9 Å². The standard InChI is InChI=1S/C13H21ClN6O/c1-3-6-16-12-17-11(14)18-13(19-12)20-7-4-9(5-8-20)10(21)15-2/h9H,3-8H2,1-2H3,(H,15,21)(H,16,17,18,19). The van der Waals surface area contributed by atoms with E-state index >= 15 is 0 Å². The molecule has 0 unspecified atom stereocenters. The number of anilines is 2. The van der Waals surface area contributed by atoms with Crippen LogP contribution in [-0.2, 0) is 4.79 Å². The summed E-state index contributed by atoms with van der Waals surface area (Å²) in [5.74, 6) is 1.25. The summed E-state index contributed by atoms with van der Waals surface area (Å²) in [7, 11) is 1.67. The number of hydrogen-bond acceptors (Lipinski definition) is 6. The topological polar surface area (TPSA) is 83.0 Å². The molecule has 21 heavy (non-hydrogen) atoms. The van der Waals surface area contributed by atoms with E-state index in [4.69, 9.17) is 11.6 Å². The molecule has 1 fully saturated rings. The van der Waals surface area contributed by atoms with Crippen LogP contribution in [0.3, 0.4) is 0 Å². The maximum atomic E-state index is 11.6. The number of aromatic nitrogens is 3. The van der Waals surface area contributed by atoms with Crippen molar-refractivity contribution in [3.05, 3.63) is 5.28 Å². The quantitative estimate of drug-likeness (QED) is 0.853. The molecule has 0 saturated carbocycles. The van der Waals surface area contributed by atoms with E-state index in [1.54, 1.807) is 7.05 Å². The van der Waals surface area contributed by atoms with Crippen LogP contribution in [0.15, 0.2) is 0 Å². The third-order valence-electron chi connectivity index (χ3n) is 3.52. The Labute approximate surface area is 129 Å². The second-order valence-electron chi connectivity index (χ2n) is 5.03. The van der Waals surface area contributed by atoms with Gasteiger partial charge in [0.25, 0.3) is 0 Å². The summed E-state index contributed by atoms with van der Waals surface area (Å²) in [5.41, 5.74) is 0. The molecule has 1 aliphatic heterocycles. The van der Waals surface area contributed by atoms with Crippen molar-refractivity contribution in [1.82, 2.24) is 20.3 Å². The Morgan fingerprint density at radius 3 is 2.67 bits per heavy atom. The highest BCUT2D eigenvalue weighted by Gasteiger charge is 2.25. The van der Waals surface area contributed by atoms with Crippen LogP contribution in [0.25, 0.3) is 0 Å². The molecule has 2 rings (SSSR count). The Morgan fingerprint density at radius 1 is 1.33 bits per heavy atom. The smallest absolute Gasteiger partial charge is 0.231 e. The third kappa shape index (κ3) is 4.17. The number of rotatable bonds is 5. The van der Waals surface area contributed by atoms with Crippen LogP contribution in [0.4, 0.5) is 11.9 Å². The number of piperidine rings is 1. The van der Waals surface area contributed by atoms with Crippen molar-refractivity contribution in [2.45, 2.75) is 26.2 Å². The van der Waals surface area contributed by atoms with Crippen LogP contribution in [0.5, 0.6) is 0 Å². The van der Waals surface area contributed by atoms with Crippen molar-refractivity contribution in [1.29, 1.82) is 0 Å². The summed E-state index contributed by atoms with van der Waals surface area (Å²) in [6.45, 7) is 4.34. The molecule has 1 aromatic rings. The Bertz CT molecular complexity index is 490. The average molecular weight is 313 g/mol. The van der Waals surface area contributed by atoms with E-state index in [0.29, 0.717) is 11.9 Å². The summed E-state index contributed by atoms with van der Waals surface area (Å²) in [5, 5.41) is 6.00. The molecule has 2 heterocycles. The Hall–Kier alpha value is -1.63. The molecule has 1 aliphatic rings. The molecule has 0 bridgehead atoms. The first kappa shape index (κ1) is 15.8. The highest BCUT2D eigenvalue weighted by atomic mass is 35.5. The molecule has 8 heteroatoms. The second-order valence-corrected chi connectivity index (χ2v) is 5.37. The van der Waals surface area contributed by atoms with Crippen molar-refractivity contribution < 1.29 is 4.79 Å². The van der Waals surface area contributed by atoms with Crippen LogP contribution in [0.1, 0.15) is 26.2 Å². The minimum atomic E-state index is 0.0706. The van der Waals surface area contributed by atoms with Gasteiger partial charge >= 0.3 is 0 Å². The summed E-state index contributed by atoms with van der Waals surface area (Å²) < 4.78 is 0. The normalized spacial score (nSPS) is 15.9. The molecule has 0 radical (unpaired) electrons. The minimum Gasteiger partial charge on any atom is -0.359 e. The Morgan fingerprint density at radius 2 is 2.05 bits per heavy atom. The molecular formula is C13H21ClN6O. The highest BCUT2D eigenvalue weighted by molar-refractivity contribution is 6.28. The number of halogens is 1. The molecule has 0 atom stereocenters. The van der Waals surface area contributed by atoms with Crippen LogP contribution >= 0.6 is 11.6 Å². The largest absolute Gasteiger partial charge is 0.359 e. The van der Waals surface area contributed by atoms with Gasteiger partial charge in [0, 0.05) is 32.6 Å². The fourth-order valence-electron chi connectivity index (χ4n) is 2.34. The molecule has 2 N–H and O–H groups in total. The van der Waals surface area contributed by atoms with E-state index in [-0.39, 0.29) is 17.1 Å². The van der Waals surface area contributed by atoms with Gasteiger partial charge in [-0.25, -0.2) is 0 Å². The van der Waals surface area contributed by atoms with Crippen molar-refractivity contribution in [2.75, 3.05) is 36.9 Å². The lowest BCUT2D eigenvalue weighted by Crippen LogP contribution is -2.40. The first-order chi connectivity index (χ1) is 10.1. The van der Waals surface area contributed by atoms with Gasteiger partial charge in [-0.15, -0.1) is 0 Å². The molecule has 0 spiro atoms. The van der Waals surface area contributed by atoms with Crippen LogP contribution in [0, 0.1) is 5.92 Å². The fourth-order valence-corrected chi connectivity index (χ4v) is 2.50. The van der Waals surface area contributed by atoms with Crippen LogP contribution < -0.4 is 15.5 Å². The minimum absolute atomic E-state index is 0.0706. The van der Waals surface area contributed by atoms with Gasteiger partial charge in [-0.3, -0.25) is 4.79 Å². The maximum Gasteiger partial charge on any atom is 0.231 e. The SMILES string of the molecule is CCCNc1nc(Cl)nc(N2CCC(C(=O)NC)CC2)n1. The number of carbonyl (C=O) groups is 1. The molecule has 116 valence electrons. The molecule has 0 aromatic carbocycles. The molecule has 0 aliphatic carbocycles. The van der Waals surface area contributed by atoms with E-state index in [9.17, 15) is 4.79 Å². The van der Waals surface area contributed by atoms with Crippen molar-refractivity contribution in [3.63, 3.8) is 0 Å². The monoisotopic (exact) mass is 312 g/mol. The van der Waals surface area contributed by atoms with Gasteiger partial charge < -0.3 is 15.5 Å². The number of nitrogens with zero attached hydrogens (tertiary/aromatic N) is 4. The molecular weight excluding hydrogens is 292 g/mol. The van der Waals surface area contributed by atoms with Gasteiger partial charge in [0.15, 0.2) is 0 Å². The van der Waals surface area contributed by atoms with Crippen LogP contribution in [-0.4, -0.2) is 47.5 Å². The first-order valence-corrected chi connectivity index (χ1v) is 7.63.